The molecular weight excluding hydrogens is 386 g/mol. The number of rotatable bonds is 7. The zero-order valence-corrected chi connectivity index (χ0v) is 17.7. The maximum absolute atomic E-state index is 13.3. The van der Waals surface area contributed by atoms with E-state index in [0.717, 1.165) is 17.7 Å². The van der Waals surface area contributed by atoms with Gasteiger partial charge in [-0.1, -0.05) is 54.6 Å². The minimum Gasteiger partial charge on any atom is -0.355 e. The first-order valence-electron chi connectivity index (χ1n) is 10.7. The summed E-state index contributed by atoms with van der Waals surface area (Å²) in [6, 6.07) is 24.3. The van der Waals surface area contributed by atoms with E-state index < -0.39 is 0 Å². The summed E-state index contributed by atoms with van der Waals surface area (Å²) in [5, 5.41) is 6.06. The Balaban J connectivity index is 1.48. The van der Waals surface area contributed by atoms with Crippen molar-refractivity contribution in [2.24, 2.45) is 0 Å². The van der Waals surface area contributed by atoms with Crippen LogP contribution in [0.15, 0.2) is 72.8 Å². The van der Waals surface area contributed by atoms with Gasteiger partial charge in [-0.05, 0) is 46.9 Å². The number of nitrogens with zero attached hydrogens (tertiary/aromatic N) is 1. The van der Waals surface area contributed by atoms with Crippen molar-refractivity contribution in [3.63, 3.8) is 0 Å². The van der Waals surface area contributed by atoms with Crippen LogP contribution in [0.3, 0.4) is 0 Å². The SMILES string of the molecule is CC(=O)NCCNCc1cccc(C(=O)N2CCc3c(-c4ccccc4)cccc32)c1. The summed E-state index contributed by atoms with van der Waals surface area (Å²) in [6.07, 6.45) is 0.858. The molecule has 0 radical (unpaired) electrons. The highest BCUT2D eigenvalue weighted by atomic mass is 16.2. The molecule has 0 saturated heterocycles. The molecular formula is C26H27N3O2. The number of hydrogen-bond donors (Lipinski definition) is 2. The van der Waals surface area contributed by atoms with Crippen molar-refractivity contribution in [2.45, 2.75) is 19.9 Å². The maximum Gasteiger partial charge on any atom is 0.258 e. The second kappa shape index (κ2) is 9.58. The van der Waals surface area contributed by atoms with Crippen molar-refractivity contribution in [2.75, 3.05) is 24.5 Å². The van der Waals surface area contributed by atoms with E-state index in [2.05, 4.69) is 28.8 Å². The molecule has 31 heavy (non-hydrogen) atoms. The third-order valence-corrected chi connectivity index (χ3v) is 5.54. The smallest absolute Gasteiger partial charge is 0.258 e. The van der Waals surface area contributed by atoms with Crippen LogP contribution in [0.2, 0.25) is 0 Å². The molecule has 1 aliphatic rings. The summed E-state index contributed by atoms with van der Waals surface area (Å²) in [6.45, 7) is 4.11. The van der Waals surface area contributed by atoms with Gasteiger partial charge in [-0.2, -0.15) is 0 Å². The minimum atomic E-state index is -0.0317. The topological polar surface area (TPSA) is 61.4 Å². The number of amides is 2. The molecule has 158 valence electrons. The number of hydrogen-bond acceptors (Lipinski definition) is 3. The van der Waals surface area contributed by atoms with Gasteiger partial charge in [0.1, 0.15) is 0 Å². The van der Waals surface area contributed by atoms with Gasteiger partial charge >= 0.3 is 0 Å². The van der Waals surface area contributed by atoms with E-state index in [1.807, 2.05) is 59.5 Å². The van der Waals surface area contributed by atoms with Gasteiger partial charge in [0.2, 0.25) is 5.91 Å². The largest absolute Gasteiger partial charge is 0.355 e. The lowest BCUT2D eigenvalue weighted by molar-refractivity contribution is -0.118. The van der Waals surface area contributed by atoms with Crippen LogP contribution in [0.1, 0.15) is 28.4 Å². The number of anilines is 1. The van der Waals surface area contributed by atoms with E-state index in [1.165, 1.54) is 23.6 Å². The van der Waals surface area contributed by atoms with Crippen LogP contribution in [0.5, 0.6) is 0 Å². The molecule has 0 bridgehead atoms. The molecule has 4 rings (SSSR count). The highest BCUT2D eigenvalue weighted by Gasteiger charge is 2.27. The summed E-state index contributed by atoms with van der Waals surface area (Å²) >= 11 is 0. The highest BCUT2D eigenvalue weighted by molar-refractivity contribution is 6.08. The van der Waals surface area contributed by atoms with Crippen LogP contribution in [-0.4, -0.2) is 31.4 Å². The predicted octanol–water partition coefficient (Wildman–Crippen LogP) is 3.78. The average Bonchev–Trinajstić information content (AvgIpc) is 3.23. The van der Waals surface area contributed by atoms with Gasteiger partial charge in [-0.25, -0.2) is 0 Å². The van der Waals surface area contributed by atoms with E-state index >= 15 is 0 Å². The zero-order valence-electron chi connectivity index (χ0n) is 17.7. The molecule has 0 fully saturated rings. The van der Waals surface area contributed by atoms with Crippen LogP contribution < -0.4 is 15.5 Å². The van der Waals surface area contributed by atoms with E-state index in [0.29, 0.717) is 31.7 Å². The predicted molar refractivity (Wildman–Crippen MR) is 124 cm³/mol. The Hall–Kier alpha value is -3.44. The first-order chi connectivity index (χ1) is 15.1. The van der Waals surface area contributed by atoms with Crippen molar-refractivity contribution in [1.82, 2.24) is 10.6 Å². The minimum absolute atomic E-state index is 0.0315. The number of carbonyl (C=O) groups excluding carboxylic acids is 2. The van der Waals surface area contributed by atoms with Gasteiger partial charge in [-0.15, -0.1) is 0 Å². The van der Waals surface area contributed by atoms with Gasteiger partial charge in [0.25, 0.3) is 5.91 Å². The van der Waals surface area contributed by atoms with Crippen molar-refractivity contribution in [3.8, 4) is 11.1 Å². The third kappa shape index (κ3) is 4.84. The lowest BCUT2D eigenvalue weighted by atomic mass is 9.98. The Morgan fingerprint density at radius 1 is 0.935 bits per heavy atom. The van der Waals surface area contributed by atoms with Gasteiger partial charge < -0.3 is 15.5 Å². The first-order valence-corrected chi connectivity index (χ1v) is 10.7. The molecule has 0 spiro atoms. The molecule has 5 nitrogen and oxygen atoms in total. The van der Waals surface area contributed by atoms with Gasteiger partial charge in [0, 0.05) is 44.4 Å². The van der Waals surface area contributed by atoms with Crippen molar-refractivity contribution in [3.05, 3.63) is 89.5 Å². The lowest BCUT2D eigenvalue weighted by Crippen LogP contribution is -2.30. The molecule has 5 heteroatoms. The number of fused-ring (bicyclic) bond motifs is 1. The second-order valence-electron chi connectivity index (χ2n) is 7.74. The maximum atomic E-state index is 13.3. The van der Waals surface area contributed by atoms with E-state index in [1.54, 1.807) is 0 Å². The number of carbonyl (C=O) groups is 2. The van der Waals surface area contributed by atoms with E-state index in [4.69, 9.17) is 0 Å². The molecule has 2 N–H and O–H groups in total. The Morgan fingerprint density at radius 2 is 1.74 bits per heavy atom. The Labute approximate surface area is 183 Å². The molecule has 0 aromatic heterocycles. The number of nitrogens with one attached hydrogen (secondary N) is 2. The van der Waals surface area contributed by atoms with E-state index in [9.17, 15) is 9.59 Å². The molecule has 0 saturated carbocycles. The monoisotopic (exact) mass is 413 g/mol. The standard InChI is InChI=1S/C26H27N3O2/c1-19(30)28-15-14-27-18-20-7-5-10-22(17-20)26(31)29-16-13-24-23(11-6-12-25(24)29)21-8-3-2-4-9-21/h2-12,17,27H,13-16,18H2,1H3,(H,28,30). The molecule has 0 aliphatic carbocycles. The first kappa shape index (κ1) is 20.8. The quantitative estimate of drug-likeness (QED) is 0.580. The summed E-state index contributed by atoms with van der Waals surface area (Å²) in [7, 11) is 0. The molecule has 0 atom stereocenters. The molecule has 1 heterocycles. The summed E-state index contributed by atoms with van der Waals surface area (Å²) in [4.78, 5) is 26.1. The van der Waals surface area contributed by atoms with Crippen molar-refractivity contribution < 1.29 is 9.59 Å². The fourth-order valence-corrected chi connectivity index (χ4v) is 4.06. The van der Waals surface area contributed by atoms with Gasteiger partial charge in [0.15, 0.2) is 0 Å². The van der Waals surface area contributed by atoms with Crippen molar-refractivity contribution >= 4 is 17.5 Å². The van der Waals surface area contributed by atoms with Crippen LogP contribution >= 0.6 is 0 Å². The van der Waals surface area contributed by atoms with Crippen LogP contribution in [0.25, 0.3) is 11.1 Å². The highest BCUT2D eigenvalue weighted by Crippen LogP contribution is 2.36. The van der Waals surface area contributed by atoms with Crippen LogP contribution in [0.4, 0.5) is 5.69 Å². The molecule has 2 amide bonds. The Kier molecular flexibility index (Phi) is 6.43. The number of benzene rings is 3. The zero-order chi connectivity index (χ0) is 21.6. The lowest BCUT2D eigenvalue weighted by Gasteiger charge is -2.18. The average molecular weight is 414 g/mol. The second-order valence-corrected chi connectivity index (χ2v) is 7.74. The van der Waals surface area contributed by atoms with Gasteiger partial charge in [0.05, 0.1) is 0 Å². The fraction of sp³-hybridized carbons (Fsp3) is 0.231. The van der Waals surface area contributed by atoms with Crippen LogP contribution in [0, 0.1) is 0 Å². The Morgan fingerprint density at radius 3 is 2.55 bits per heavy atom. The third-order valence-electron chi connectivity index (χ3n) is 5.54. The summed E-state index contributed by atoms with van der Waals surface area (Å²) in [5.41, 5.74) is 6.36. The summed E-state index contributed by atoms with van der Waals surface area (Å²) in [5.74, 6) is -0.000215. The molecule has 3 aromatic rings. The van der Waals surface area contributed by atoms with E-state index in [-0.39, 0.29) is 11.8 Å². The fourth-order valence-electron chi connectivity index (χ4n) is 4.06. The molecule has 3 aromatic carbocycles. The Bertz CT molecular complexity index is 1080. The van der Waals surface area contributed by atoms with Crippen molar-refractivity contribution in [1.29, 1.82) is 0 Å². The molecule has 0 unspecified atom stereocenters. The van der Waals surface area contributed by atoms with Crippen LogP contribution in [-0.2, 0) is 17.8 Å². The normalized spacial score (nSPS) is 12.5. The molecule has 1 aliphatic heterocycles. The summed E-state index contributed by atoms with van der Waals surface area (Å²) < 4.78 is 0. The van der Waals surface area contributed by atoms with Gasteiger partial charge in [-0.3, -0.25) is 9.59 Å².